The summed E-state index contributed by atoms with van der Waals surface area (Å²) in [4.78, 5) is 35.4. The zero-order chi connectivity index (χ0) is 22.8. The first-order valence-electron chi connectivity index (χ1n) is 9.71. The highest BCUT2D eigenvalue weighted by Gasteiger charge is 2.27. The molecule has 9 nitrogen and oxygen atoms in total. The third-order valence-electron chi connectivity index (χ3n) is 4.64. The maximum Gasteiger partial charge on any atom is 0.330 e. The average molecular weight is 430 g/mol. The summed E-state index contributed by atoms with van der Waals surface area (Å²) in [5, 5.41) is 33.7. The normalized spacial score (nSPS) is 12.5. The molecule has 0 aliphatic heterocycles. The maximum absolute atomic E-state index is 12.6. The van der Waals surface area contributed by atoms with Gasteiger partial charge in [-0.25, -0.2) is 4.79 Å². The number of nitrogens with one attached hydrogen (secondary N) is 2. The fraction of sp³-hybridized carbons (Fsp3) is 0.318. The number of hydrogen-bond acceptors (Lipinski definition) is 6. The van der Waals surface area contributed by atoms with E-state index in [0.717, 1.165) is 5.56 Å². The zero-order valence-electron chi connectivity index (χ0n) is 17.1. The standard InChI is InChI=1S/C22H26N2O7/c1-31-18-10-9-14(12-17(18)25)6-5-11-23-16(13-19(26)27)21(28)24-20(22(29)30)15-7-3-2-4-8-15/h2-4,7-10,12,16,20,23,25H,5-6,11,13H2,1H3,(H,24,28)(H,26,27)(H,29,30)/t16-,20-/m0/s1. The quantitative estimate of drug-likeness (QED) is 0.320. The Hall–Kier alpha value is -3.59. The number of aromatic hydroxyl groups is 1. The summed E-state index contributed by atoms with van der Waals surface area (Å²) in [5.41, 5.74) is 1.24. The van der Waals surface area contributed by atoms with Gasteiger partial charge >= 0.3 is 11.9 Å². The monoisotopic (exact) mass is 430 g/mol. The number of phenols is 1. The van der Waals surface area contributed by atoms with E-state index in [1.165, 1.54) is 7.11 Å². The third-order valence-corrected chi connectivity index (χ3v) is 4.64. The molecule has 0 heterocycles. The summed E-state index contributed by atoms with van der Waals surface area (Å²) < 4.78 is 5.00. The van der Waals surface area contributed by atoms with Gasteiger partial charge in [-0.3, -0.25) is 9.59 Å². The van der Waals surface area contributed by atoms with Crippen LogP contribution in [0.25, 0.3) is 0 Å². The molecule has 0 radical (unpaired) electrons. The van der Waals surface area contributed by atoms with Crippen molar-refractivity contribution in [1.29, 1.82) is 0 Å². The average Bonchev–Trinajstić information content (AvgIpc) is 2.74. The van der Waals surface area contributed by atoms with Gasteiger partial charge in [0.25, 0.3) is 0 Å². The van der Waals surface area contributed by atoms with Gasteiger partial charge in [0.2, 0.25) is 5.91 Å². The Morgan fingerprint density at radius 3 is 2.35 bits per heavy atom. The van der Waals surface area contributed by atoms with Crippen LogP contribution in [0, 0.1) is 0 Å². The lowest BCUT2D eigenvalue weighted by Crippen LogP contribution is -2.48. The number of carboxylic acids is 2. The Bertz CT molecular complexity index is 902. The molecule has 2 aromatic rings. The van der Waals surface area contributed by atoms with Gasteiger partial charge in [0, 0.05) is 0 Å². The third kappa shape index (κ3) is 7.31. The fourth-order valence-electron chi connectivity index (χ4n) is 3.07. The number of phenolic OH excluding ortho intramolecular Hbond substituents is 1. The molecular formula is C22H26N2O7. The van der Waals surface area contributed by atoms with Crippen molar-refractivity contribution in [2.75, 3.05) is 13.7 Å². The lowest BCUT2D eigenvalue weighted by Gasteiger charge is -2.20. The van der Waals surface area contributed by atoms with Crippen molar-refractivity contribution >= 4 is 17.8 Å². The van der Waals surface area contributed by atoms with Gasteiger partial charge in [0.05, 0.1) is 19.6 Å². The molecule has 2 atom stereocenters. The smallest absolute Gasteiger partial charge is 0.330 e. The molecule has 0 aromatic heterocycles. The maximum atomic E-state index is 12.6. The largest absolute Gasteiger partial charge is 0.504 e. The van der Waals surface area contributed by atoms with Crippen LogP contribution in [0.4, 0.5) is 0 Å². The van der Waals surface area contributed by atoms with Gasteiger partial charge < -0.3 is 30.7 Å². The van der Waals surface area contributed by atoms with E-state index in [4.69, 9.17) is 9.84 Å². The van der Waals surface area contributed by atoms with Gasteiger partial charge in [-0.05, 0) is 42.6 Å². The molecule has 0 unspecified atom stereocenters. The van der Waals surface area contributed by atoms with Crippen molar-refractivity contribution < 1.29 is 34.4 Å². The summed E-state index contributed by atoms with van der Waals surface area (Å²) in [6.45, 7) is 0.321. The summed E-state index contributed by atoms with van der Waals surface area (Å²) in [6, 6.07) is 10.8. The van der Waals surface area contributed by atoms with Gasteiger partial charge in [0.15, 0.2) is 17.5 Å². The SMILES string of the molecule is COc1ccc(CCCN[C@@H](CC(=O)O)C(=O)N[C@H](C(=O)O)c2ccccc2)cc1O. The van der Waals surface area contributed by atoms with Crippen LogP contribution in [0.2, 0.25) is 0 Å². The fourth-order valence-corrected chi connectivity index (χ4v) is 3.07. The van der Waals surface area contributed by atoms with Crippen LogP contribution in [0.3, 0.4) is 0 Å². The van der Waals surface area contributed by atoms with E-state index < -0.39 is 36.4 Å². The van der Waals surface area contributed by atoms with Crippen molar-refractivity contribution in [3.8, 4) is 11.5 Å². The topological polar surface area (TPSA) is 145 Å². The minimum absolute atomic E-state index is 0.0247. The summed E-state index contributed by atoms with van der Waals surface area (Å²) in [6.07, 6.45) is 0.653. The highest BCUT2D eigenvalue weighted by Crippen LogP contribution is 2.26. The number of aryl methyl sites for hydroxylation is 1. The molecular weight excluding hydrogens is 404 g/mol. The molecule has 0 aliphatic carbocycles. The molecule has 0 spiro atoms. The number of hydrogen-bond donors (Lipinski definition) is 5. The van der Waals surface area contributed by atoms with Gasteiger partial charge in [-0.2, -0.15) is 0 Å². The molecule has 0 aliphatic rings. The minimum Gasteiger partial charge on any atom is -0.504 e. The predicted octanol–water partition coefficient (Wildman–Crippen LogP) is 1.71. The first-order chi connectivity index (χ1) is 14.8. The number of aliphatic carboxylic acids is 2. The van der Waals surface area contributed by atoms with Crippen molar-refractivity contribution in [3.05, 3.63) is 59.7 Å². The molecule has 5 N–H and O–H groups in total. The molecule has 2 rings (SSSR count). The Balaban J connectivity index is 1.95. The second kappa shape index (κ2) is 11.6. The number of methoxy groups -OCH3 is 1. The van der Waals surface area contributed by atoms with E-state index >= 15 is 0 Å². The van der Waals surface area contributed by atoms with Crippen LogP contribution in [0.1, 0.15) is 30.0 Å². The molecule has 0 saturated heterocycles. The van der Waals surface area contributed by atoms with E-state index in [-0.39, 0.29) is 5.75 Å². The van der Waals surface area contributed by atoms with Gasteiger partial charge in [0.1, 0.15) is 0 Å². The lowest BCUT2D eigenvalue weighted by atomic mass is 10.1. The Kier molecular flexibility index (Phi) is 8.83. The number of carbonyl (C=O) groups is 3. The molecule has 1 amide bonds. The van der Waals surface area contributed by atoms with E-state index in [9.17, 15) is 24.6 Å². The van der Waals surface area contributed by atoms with E-state index in [1.807, 2.05) is 0 Å². The molecule has 0 fully saturated rings. The Labute approximate surface area is 179 Å². The number of carbonyl (C=O) groups excluding carboxylic acids is 1. The summed E-state index contributed by atoms with van der Waals surface area (Å²) in [7, 11) is 1.46. The van der Waals surface area contributed by atoms with Crippen LogP contribution in [-0.2, 0) is 20.8 Å². The van der Waals surface area contributed by atoms with Crippen molar-refractivity contribution in [3.63, 3.8) is 0 Å². The molecule has 31 heavy (non-hydrogen) atoms. The zero-order valence-corrected chi connectivity index (χ0v) is 17.1. The van der Waals surface area contributed by atoms with Gasteiger partial charge in [-0.1, -0.05) is 36.4 Å². The number of ether oxygens (including phenoxy) is 1. The van der Waals surface area contributed by atoms with Crippen LogP contribution in [0.15, 0.2) is 48.5 Å². The first kappa shape index (κ1) is 23.7. The van der Waals surface area contributed by atoms with E-state index in [2.05, 4.69) is 10.6 Å². The molecule has 166 valence electrons. The Morgan fingerprint density at radius 2 is 1.77 bits per heavy atom. The van der Waals surface area contributed by atoms with Crippen molar-refractivity contribution in [2.45, 2.75) is 31.3 Å². The summed E-state index contributed by atoms with van der Waals surface area (Å²) in [5.74, 6) is -2.74. The predicted molar refractivity (Wildman–Crippen MR) is 112 cm³/mol. The van der Waals surface area contributed by atoms with Crippen LogP contribution >= 0.6 is 0 Å². The van der Waals surface area contributed by atoms with Gasteiger partial charge in [-0.15, -0.1) is 0 Å². The minimum atomic E-state index is -1.28. The molecule has 0 bridgehead atoms. The highest BCUT2D eigenvalue weighted by atomic mass is 16.5. The number of rotatable bonds is 12. The second-order valence-corrected chi connectivity index (χ2v) is 6.90. The van der Waals surface area contributed by atoms with E-state index in [1.54, 1.807) is 48.5 Å². The molecule has 2 aromatic carbocycles. The highest BCUT2D eigenvalue weighted by molar-refractivity contribution is 5.90. The molecule has 0 saturated carbocycles. The second-order valence-electron chi connectivity index (χ2n) is 6.90. The summed E-state index contributed by atoms with van der Waals surface area (Å²) >= 11 is 0. The van der Waals surface area contributed by atoms with Crippen molar-refractivity contribution in [1.82, 2.24) is 10.6 Å². The van der Waals surface area contributed by atoms with Crippen molar-refractivity contribution in [2.24, 2.45) is 0 Å². The van der Waals surface area contributed by atoms with Crippen LogP contribution in [-0.4, -0.2) is 52.9 Å². The van der Waals surface area contributed by atoms with Crippen LogP contribution < -0.4 is 15.4 Å². The first-order valence-corrected chi connectivity index (χ1v) is 9.71. The van der Waals surface area contributed by atoms with Crippen LogP contribution in [0.5, 0.6) is 11.5 Å². The number of benzene rings is 2. The molecule has 9 heteroatoms. The lowest BCUT2D eigenvalue weighted by molar-refractivity contribution is -0.143. The number of amides is 1. The van der Waals surface area contributed by atoms with E-state index in [0.29, 0.717) is 30.7 Å². The number of carboxylic acid groups (broad SMARTS) is 2. The Morgan fingerprint density at radius 1 is 1.06 bits per heavy atom.